The van der Waals surface area contributed by atoms with Gasteiger partial charge in [0.25, 0.3) is 0 Å². The summed E-state index contributed by atoms with van der Waals surface area (Å²) in [5, 5.41) is 8.32. The minimum atomic E-state index is -0.953. The first-order valence-electron chi connectivity index (χ1n) is 4.33. The van der Waals surface area contributed by atoms with Gasteiger partial charge < -0.3 is 15.6 Å². The Bertz CT molecular complexity index is 312. The van der Waals surface area contributed by atoms with E-state index in [0.717, 1.165) is 5.56 Å². The Morgan fingerprint density at radius 1 is 1.43 bits per heavy atom. The number of carboxylic acids is 1. The topological polar surface area (TPSA) is 72.5 Å². The molecule has 0 atom stereocenters. The molecule has 4 nitrogen and oxygen atoms in total. The van der Waals surface area contributed by atoms with Crippen molar-refractivity contribution < 1.29 is 14.6 Å². The summed E-state index contributed by atoms with van der Waals surface area (Å²) in [4.78, 5) is 10.1. The Morgan fingerprint density at radius 2 is 2.14 bits per heavy atom. The smallest absolute Gasteiger partial charge is 0.329 e. The third kappa shape index (κ3) is 3.45. The molecule has 76 valence electrons. The molecule has 0 bridgehead atoms. The lowest BCUT2D eigenvalue weighted by molar-refractivity contribution is -0.142. The lowest BCUT2D eigenvalue weighted by Crippen LogP contribution is -2.09. The highest BCUT2D eigenvalue weighted by molar-refractivity contribution is 5.67. The first-order chi connectivity index (χ1) is 6.70. The molecule has 14 heavy (non-hydrogen) atoms. The molecule has 1 rings (SSSR count). The molecule has 0 aliphatic heterocycles. The highest BCUT2D eigenvalue weighted by Crippen LogP contribution is 2.10. The van der Waals surface area contributed by atoms with Gasteiger partial charge in [-0.1, -0.05) is 18.2 Å². The Labute approximate surface area is 82.3 Å². The summed E-state index contributed by atoms with van der Waals surface area (Å²) < 4.78 is 4.90. The molecule has 0 heterocycles. The zero-order chi connectivity index (χ0) is 10.4. The van der Waals surface area contributed by atoms with Crippen LogP contribution >= 0.6 is 0 Å². The summed E-state index contributed by atoms with van der Waals surface area (Å²) >= 11 is 0. The molecule has 0 radical (unpaired) electrons. The minimum Gasteiger partial charge on any atom is -0.480 e. The number of aliphatic carboxylic acids is 1. The summed E-state index contributed by atoms with van der Waals surface area (Å²) in [7, 11) is 0. The number of anilines is 1. The third-order valence-electron chi connectivity index (χ3n) is 1.80. The number of nitrogens with two attached hydrogens (primary N) is 1. The number of hydrogen-bond donors (Lipinski definition) is 2. The van der Waals surface area contributed by atoms with Gasteiger partial charge in [-0.05, 0) is 18.1 Å². The highest BCUT2D eigenvalue weighted by Gasteiger charge is 1.99. The number of ether oxygens (including phenoxy) is 1. The second-order valence-corrected chi connectivity index (χ2v) is 2.90. The number of nitrogen functional groups attached to an aromatic ring is 1. The average Bonchev–Trinajstić information content (AvgIpc) is 2.15. The van der Waals surface area contributed by atoms with E-state index in [1.54, 1.807) is 0 Å². The number of para-hydroxylation sites is 1. The molecule has 1 aromatic carbocycles. The van der Waals surface area contributed by atoms with E-state index in [1.165, 1.54) is 0 Å². The fourth-order valence-corrected chi connectivity index (χ4v) is 1.10. The predicted octanol–water partition coefficient (Wildman–Crippen LogP) is 0.913. The zero-order valence-electron chi connectivity index (χ0n) is 7.77. The molecule has 0 spiro atoms. The van der Waals surface area contributed by atoms with Crippen molar-refractivity contribution in [2.75, 3.05) is 18.9 Å². The molecular weight excluding hydrogens is 182 g/mol. The minimum absolute atomic E-state index is 0.257. The number of carboxylic acid groups (broad SMARTS) is 1. The number of rotatable bonds is 5. The summed E-state index contributed by atoms with van der Waals surface area (Å²) in [6.45, 7) is 0.118. The second-order valence-electron chi connectivity index (χ2n) is 2.90. The molecule has 0 saturated heterocycles. The van der Waals surface area contributed by atoms with Gasteiger partial charge in [0, 0.05) is 5.69 Å². The van der Waals surface area contributed by atoms with Crippen molar-refractivity contribution in [3.05, 3.63) is 29.8 Å². The van der Waals surface area contributed by atoms with E-state index in [4.69, 9.17) is 15.6 Å². The SMILES string of the molecule is Nc1ccccc1CCOCC(=O)O. The van der Waals surface area contributed by atoms with Crippen LogP contribution in [-0.4, -0.2) is 24.3 Å². The first-order valence-corrected chi connectivity index (χ1v) is 4.33. The van der Waals surface area contributed by atoms with Crippen LogP contribution in [0.5, 0.6) is 0 Å². The van der Waals surface area contributed by atoms with Gasteiger partial charge in [0.15, 0.2) is 0 Å². The van der Waals surface area contributed by atoms with Gasteiger partial charge in [-0.3, -0.25) is 0 Å². The lowest BCUT2D eigenvalue weighted by Gasteiger charge is -2.04. The standard InChI is InChI=1S/C10H13NO3/c11-9-4-2-1-3-8(9)5-6-14-7-10(12)13/h1-4H,5-7,11H2,(H,12,13). The van der Waals surface area contributed by atoms with Crippen LogP contribution in [0.3, 0.4) is 0 Å². The van der Waals surface area contributed by atoms with E-state index in [9.17, 15) is 4.79 Å². The van der Waals surface area contributed by atoms with Crippen LogP contribution < -0.4 is 5.73 Å². The van der Waals surface area contributed by atoms with Gasteiger partial charge in [0.2, 0.25) is 0 Å². The van der Waals surface area contributed by atoms with Crippen molar-refractivity contribution >= 4 is 11.7 Å². The molecule has 0 saturated carbocycles. The monoisotopic (exact) mass is 195 g/mol. The highest BCUT2D eigenvalue weighted by atomic mass is 16.5. The normalized spacial score (nSPS) is 10.0. The molecular formula is C10H13NO3. The van der Waals surface area contributed by atoms with Crippen molar-refractivity contribution in [3.63, 3.8) is 0 Å². The van der Waals surface area contributed by atoms with Crippen LogP contribution in [-0.2, 0) is 16.0 Å². The molecule has 0 aliphatic carbocycles. The third-order valence-corrected chi connectivity index (χ3v) is 1.80. The molecule has 0 aliphatic rings. The molecule has 0 fully saturated rings. The molecule has 0 amide bonds. The quantitative estimate of drug-likeness (QED) is 0.541. The fourth-order valence-electron chi connectivity index (χ4n) is 1.10. The fraction of sp³-hybridized carbons (Fsp3) is 0.300. The summed E-state index contributed by atoms with van der Waals surface area (Å²) in [6.07, 6.45) is 0.639. The Kier molecular flexibility index (Phi) is 3.94. The van der Waals surface area contributed by atoms with E-state index in [0.29, 0.717) is 18.7 Å². The van der Waals surface area contributed by atoms with E-state index in [2.05, 4.69) is 0 Å². The molecule has 4 heteroatoms. The van der Waals surface area contributed by atoms with E-state index in [1.807, 2.05) is 24.3 Å². The van der Waals surface area contributed by atoms with E-state index < -0.39 is 5.97 Å². The van der Waals surface area contributed by atoms with Crippen LogP contribution in [0, 0.1) is 0 Å². The number of carbonyl (C=O) groups is 1. The first kappa shape index (κ1) is 10.5. The maximum Gasteiger partial charge on any atom is 0.329 e. The zero-order valence-corrected chi connectivity index (χ0v) is 7.77. The second kappa shape index (κ2) is 5.24. The van der Waals surface area contributed by atoms with Crippen LogP contribution in [0.15, 0.2) is 24.3 Å². The van der Waals surface area contributed by atoms with Crippen LogP contribution in [0.1, 0.15) is 5.56 Å². The Morgan fingerprint density at radius 3 is 2.79 bits per heavy atom. The van der Waals surface area contributed by atoms with Crippen molar-refractivity contribution in [2.24, 2.45) is 0 Å². The van der Waals surface area contributed by atoms with Crippen LogP contribution in [0.2, 0.25) is 0 Å². The van der Waals surface area contributed by atoms with E-state index >= 15 is 0 Å². The summed E-state index contributed by atoms with van der Waals surface area (Å²) in [5.74, 6) is -0.953. The van der Waals surface area contributed by atoms with Crippen molar-refractivity contribution in [3.8, 4) is 0 Å². The van der Waals surface area contributed by atoms with Crippen molar-refractivity contribution in [1.29, 1.82) is 0 Å². The van der Waals surface area contributed by atoms with Gasteiger partial charge in [0.1, 0.15) is 6.61 Å². The Hall–Kier alpha value is -1.55. The van der Waals surface area contributed by atoms with Crippen LogP contribution in [0.25, 0.3) is 0 Å². The number of hydrogen-bond acceptors (Lipinski definition) is 3. The predicted molar refractivity (Wildman–Crippen MR) is 53.0 cm³/mol. The number of benzene rings is 1. The maximum atomic E-state index is 10.1. The Balaban J connectivity index is 2.31. The summed E-state index contributed by atoms with van der Waals surface area (Å²) in [6, 6.07) is 7.46. The maximum absolute atomic E-state index is 10.1. The van der Waals surface area contributed by atoms with E-state index in [-0.39, 0.29) is 6.61 Å². The van der Waals surface area contributed by atoms with Gasteiger partial charge >= 0.3 is 5.97 Å². The summed E-state index contributed by atoms with van der Waals surface area (Å²) in [5.41, 5.74) is 7.39. The van der Waals surface area contributed by atoms with Crippen molar-refractivity contribution in [1.82, 2.24) is 0 Å². The van der Waals surface area contributed by atoms with Gasteiger partial charge in [-0.25, -0.2) is 4.79 Å². The van der Waals surface area contributed by atoms with Crippen LogP contribution in [0.4, 0.5) is 5.69 Å². The molecule has 3 N–H and O–H groups in total. The van der Waals surface area contributed by atoms with Crippen molar-refractivity contribution in [2.45, 2.75) is 6.42 Å². The van der Waals surface area contributed by atoms with Gasteiger partial charge in [0.05, 0.1) is 6.61 Å². The van der Waals surface area contributed by atoms with Gasteiger partial charge in [-0.15, -0.1) is 0 Å². The molecule has 0 unspecified atom stereocenters. The average molecular weight is 195 g/mol. The molecule has 1 aromatic rings. The lowest BCUT2D eigenvalue weighted by atomic mass is 10.1. The van der Waals surface area contributed by atoms with Gasteiger partial charge in [-0.2, -0.15) is 0 Å². The molecule has 0 aromatic heterocycles. The largest absolute Gasteiger partial charge is 0.480 e.